The fraction of sp³-hybridized carbons (Fsp3) is 0.286. The summed E-state index contributed by atoms with van der Waals surface area (Å²) in [7, 11) is 0. The van der Waals surface area contributed by atoms with Gasteiger partial charge in [-0.15, -0.1) is 0 Å². The van der Waals surface area contributed by atoms with E-state index in [0.29, 0.717) is 0 Å². The molecule has 0 bridgehead atoms. The van der Waals surface area contributed by atoms with Crippen molar-refractivity contribution in [1.82, 2.24) is 0 Å². The van der Waals surface area contributed by atoms with E-state index in [2.05, 4.69) is 13.0 Å². The Morgan fingerprint density at radius 3 is 2.53 bits per heavy atom. The van der Waals surface area contributed by atoms with Gasteiger partial charge in [-0.25, -0.2) is 0 Å². The van der Waals surface area contributed by atoms with Gasteiger partial charge in [-0.05, 0) is 29.9 Å². The van der Waals surface area contributed by atoms with Gasteiger partial charge in [0.15, 0.2) is 5.75 Å². The smallest absolute Gasteiger partial charge is 0.186 e. The van der Waals surface area contributed by atoms with Crippen LogP contribution in [0.15, 0.2) is 36.4 Å². The predicted octanol–water partition coefficient (Wildman–Crippen LogP) is 4.33. The Kier molecular flexibility index (Phi) is 2.91. The zero-order valence-corrected chi connectivity index (χ0v) is 8.99. The van der Waals surface area contributed by atoms with Gasteiger partial charge in [0.25, 0.3) is 0 Å². The molecule has 0 aromatic heterocycles. The molecule has 0 heterocycles. The Morgan fingerprint density at radius 2 is 1.80 bits per heavy atom. The van der Waals surface area contributed by atoms with Crippen LogP contribution < -0.4 is 0 Å². The van der Waals surface area contributed by atoms with Crippen molar-refractivity contribution in [2.75, 3.05) is 0 Å². The molecule has 0 saturated heterocycles. The minimum atomic E-state index is 0.152. The fourth-order valence-electron chi connectivity index (χ4n) is 1.96. The van der Waals surface area contributed by atoms with Gasteiger partial charge in [0, 0.05) is 5.39 Å². The summed E-state index contributed by atoms with van der Waals surface area (Å²) in [5, 5.41) is 13.7. The van der Waals surface area contributed by atoms with Crippen LogP contribution in [-0.4, -0.2) is 0 Å². The average molecular weight is 199 g/mol. The summed E-state index contributed by atoms with van der Waals surface area (Å²) in [5.74, 6) is 0.152. The average Bonchev–Trinajstić information content (AvgIpc) is 2.26. The maximum Gasteiger partial charge on any atom is 0.186 e. The highest BCUT2D eigenvalue weighted by molar-refractivity contribution is 5.90. The first-order chi connectivity index (χ1) is 7.33. The fourth-order valence-corrected chi connectivity index (χ4v) is 1.96. The van der Waals surface area contributed by atoms with Crippen LogP contribution in [-0.2, 0) is 11.5 Å². The molecule has 0 aliphatic carbocycles. The summed E-state index contributed by atoms with van der Waals surface area (Å²) >= 11 is 0. The van der Waals surface area contributed by atoms with E-state index in [0.717, 1.165) is 30.0 Å². The second-order valence-corrected chi connectivity index (χ2v) is 3.87. The maximum absolute atomic E-state index is 11.8. The molecule has 0 aliphatic rings. The molecule has 15 heavy (non-hydrogen) atoms. The summed E-state index contributed by atoms with van der Waals surface area (Å²) < 4.78 is 0. The van der Waals surface area contributed by atoms with Gasteiger partial charge in [0.2, 0.25) is 0 Å². The van der Waals surface area contributed by atoms with Crippen LogP contribution in [0.25, 0.3) is 10.8 Å². The van der Waals surface area contributed by atoms with E-state index in [4.69, 9.17) is 0 Å². The van der Waals surface area contributed by atoms with Crippen molar-refractivity contribution in [2.24, 2.45) is 0 Å². The van der Waals surface area contributed by atoms with E-state index in [1.807, 2.05) is 24.3 Å². The zero-order chi connectivity index (χ0) is 10.7. The molecular formula is C14H15O. The largest absolute Gasteiger partial charge is 0.289 e. The van der Waals surface area contributed by atoms with Crippen molar-refractivity contribution in [3.8, 4) is 5.75 Å². The van der Waals surface area contributed by atoms with E-state index in [1.54, 1.807) is 6.07 Å². The molecule has 0 fully saturated rings. The van der Waals surface area contributed by atoms with Crippen molar-refractivity contribution < 1.29 is 5.11 Å². The van der Waals surface area contributed by atoms with Gasteiger partial charge in [0.1, 0.15) is 0 Å². The number of aryl methyl sites for hydroxylation is 1. The number of hydrogen-bond acceptors (Lipinski definition) is 0. The third-order valence-electron chi connectivity index (χ3n) is 2.75. The highest BCUT2D eigenvalue weighted by Crippen LogP contribution is 2.29. The molecule has 0 N–H and O–H groups in total. The Hall–Kier alpha value is -1.50. The number of fused-ring (bicyclic) bond motifs is 1. The molecule has 0 unspecified atom stereocenters. The predicted molar refractivity (Wildman–Crippen MR) is 62.7 cm³/mol. The van der Waals surface area contributed by atoms with Crippen LogP contribution in [0.1, 0.15) is 25.3 Å². The molecule has 0 amide bonds. The highest BCUT2D eigenvalue weighted by Gasteiger charge is 2.05. The van der Waals surface area contributed by atoms with Gasteiger partial charge in [0.05, 0.1) is 0 Å². The number of rotatable bonds is 3. The third kappa shape index (κ3) is 1.96. The molecule has 0 saturated carbocycles. The van der Waals surface area contributed by atoms with Gasteiger partial charge >= 0.3 is 0 Å². The summed E-state index contributed by atoms with van der Waals surface area (Å²) in [6.45, 7) is 2.17. The molecule has 1 radical (unpaired) electrons. The van der Waals surface area contributed by atoms with Crippen LogP contribution in [0.2, 0.25) is 0 Å². The summed E-state index contributed by atoms with van der Waals surface area (Å²) in [6, 6.07) is 11.6. The van der Waals surface area contributed by atoms with Crippen molar-refractivity contribution >= 4 is 10.8 Å². The molecule has 0 atom stereocenters. The number of unbranched alkanes of at least 4 members (excludes halogenated alkanes) is 1. The number of benzene rings is 2. The molecule has 0 spiro atoms. The molecule has 1 heteroatoms. The van der Waals surface area contributed by atoms with Crippen LogP contribution in [0.3, 0.4) is 0 Å². The molecule has 77 valence electrons. The zero-order valence-electron chi connectivity index (χ0n) is 8.99. The minimum absolute atomic E-state index is 0.152. The Morgan fingerprint density at radius 1 is 1.07 bits per heavy atom. The van der Waals surface area contributed by atoms with E-state index in [1.165, 1.54) is 5.56 Å². The normalized spacial score (nSPS) is 10.7. The van der Waals surface area contributed by atoms with Crippen LogP contribution in [0, 0.1) is 0 Å². The Balaban J connectivity index is 2.53. The van der Waals surface area contributed by atoms with Crippen LogP contribution in [0.4, 0.5) is 0 Å². The van der Waals surface area contributed by atoms with Gasteiger partial charge in [-0.2, -0.15) is 0 Å². The van der Waals surface area contributed by atoms with Crippen molar-refractivity contribution in [3.63, 3.8) is 0 Å². The molecule has 1 nitrogen and oxygen atoms in total. The standard InChI is InChI=1S/C14H15O/c1-2-3-6-11-7-4-8-12-9-5-10-13(15)14(11)12/h4-5,7-10H,2-3,6H2,1H3. The molecular weight excluding hydrogens is 184 g/mol. The van der Waals surface area contributed by atoms with E-state index < -0.39 is 0 Å². The highest BCUT2D eigenvalue weighted by atomic mass is 16.3. The van der Waals surface area contributed by atoms with Crippen LogP contribution >= 0.6 is 0 Å². The monoisotopic (exact) mass is 199 g/mol. The first-order valence-corrected chi connectivity index (χ1v) is 5.50. The Bertz CT molecular complexity index is 455. The first kappa shape index (κ1) is 10.0. The molecule has 2 aromatic carbocycles. The van der Waals surface area contributed by atoms with E-state index >= 15 is 0 Å². The van der Waals surface area contributed by atoms with Crippen LogP contribution in [0.5, 0.6) is 5.75 Å². The topological polar surface area (TPSA) is 19.9 Å². The van der Waals surface area contributed by atoms with Crippen molar-refractivity contribution in [1.29, 1.82) is 0 Å². The first-order valence-electron chi connectivity index (χ1n) is 5.50. The minimum Gasteiger partial charge on any atom is -0.289 e. The quantitative estimate of drug-likeness (QED) is 0.701. The lowest BCUT2D eigenvalue weighted by Gasteiger charge is -2.06. The molecule has 2 aromatic rings. The van der Waals surface area contributed by atoms with Crippen molar-refractivity contribution in [2.45, 2.75) is 26.2 Å². The second-order valence-electron chi connectivity index (χ2n) is 3.87. The molecule has 0 aliphatic heterocycles. The van der Waals surface area contributed by atoms with E-state index in [-0.39, 0.29) is 5.75 Å². The second kappa shape index (κ2) is 4.35. The summed E-state index contributed by atoms with van der Waals surface area (Å²) in [5.41, 5.74) is 1.19. The van der Waals surface area contributed by atoms with Gasteiger partial charge in [-0.1, -0.05) is 43.7 Å². The van der Waals surface area contributed by atoms with Gasteiger partial charge < -0.3 is 0 Å². The van der Waals surface area contributed by atoms with Crippen molar-refractivity contribution in [3.05, 3.63) is 42.0 Å². The lowest BCUT2D eigenvalue weighted by atomic mass is 9.99. The van der Waals surface area contributed by atoms with E-state index in [9.17, 15) is 5.11 Å². The Labute approximate surface area is 90.4 Å². The number of hydrogen-bond donors (Lipinski definition) is 0. The maximum atomic E-state index is 11.8. The summed E-state index contributed by atoms with van der Waals surface area (Å²) in [6.07, 6.45) is 3.32. The SMILES string of the molecule is CCCCc1cccc2cccc([O])c12. The molecule has 2 rings (SSSR count). The lowest BCUT2D eigenvalue weighted by molar-refractivity contribution is 0.360. The lowest BCUT2D eigenvalue weighted by Crippen LogP contribution is -1.87. The van der Waals surface area contributed by atoms with Gasteiger partial charge in [-0.3, -0.25) is 5.11 Å². The third-order valence-corrected chi connectivity index (χ3v) is 2.75. The summed E-state index contributed by atoms with van der Waals surface area (Å²) in [4.78, 5) is 0.